The van der Waals surface area contributed by atoms with Crippen molar-refractivity contribution >= 4 is 12.0 Å². The number of hydrogen-bond acceptors (Lipinski definition) is 9. The first-order valence-corrected chi connectivity index (χ1v) is 12.4. The van der Waals surface area contributed by atoms with Gasteiger partial charge in [-0.3, -0.25) is 0 Å². The first kappa shape index (κ1) is 24.6. The van der Waals surface area contributed by atoms with Crippen LogP contribution in [0.4, 0.5) is 15.1 Å². The second-order valence-electron chi connectivity index (χ2n) is 9.66. The highest BCUT2D eigenvalue weighted by molar-refractivity contribution is 5.74. The molecule has 0 N–H and O–H groups in total. The van der Waals surface area contributed by atoms with Crippen molar-refractivity contribution in [3.63, 3.8) is 0 Å². The number of rotatable bonds is 5. The number of aryl methyl sites for hydroxylation is 1. The average molecular weight is 501 g/mol. The van der Waals surface area contributed by atoms with E-state index in [9.17, 15) is 4.79 Å². The maximum Gasteiger partial charge on any atom is 0.320 e. The van der Waals surface area contributed by atoms with Crippen molar-refractivity contribution in [3.8, 4) is 17.1 Å². The first-order chi connectivity index (χ1) is 17.4. The maximum atomic E-state index is 15.6. The molecule has 12 heteroatoms. The van der Waals surface area contributed by atoms with E-state index in [0.717, 1.165) is 26.2 Å². The van der Waals surface area contributed by atoms with Crippen molar-refractivity contribution in [2.45, 2.75) is 31.9 Å². The fraction of sp³-hybridized carbons (Fsp3) is 0.625. The molecule has 2 amide bonds. The first-order valence-electron chi connectivity index (χ1n) is 12.4. The number of hydrogen-bond donors (Lipinski definition) is 0. The minimum absolute atomic E-state index is 0.0380. The van der Waals surface area contributed by atoms with Crippen LogP contribution >= 0.6 is 0 Å². The van der Waals surface area contributed by atoms with Gasteiger partial charge in [-0.05, 0) is 14.0 Å². The van der Waals surface area contributed by atoms with Crippen LogP contribution in [-0.4, -0.2) is 119 Å². The monoisotopic (exact) mass is 500 g/mol. The number of anilines is 1. The second-order valence-corrected chi connectivity index (χ2v) is 9.66. The zero-order chi connectivity index (χ0) is 25.2. The lowest BCUT2D eigenvalue weighted by atomic mass is 9.88. The molecule has 11 nitrogen and oxygen atoms in total. The third kappa shape index (κ3) is 5.19. The Morgan fingerprint density at radius 1 is 1.08 bits per heavy atom. The lowest BCUT2D eigenvalue weighted by Gasteiger charge is -2.43. The summed E-state index contributed by atoms with van der Waals surface area (Å²) in [6, 6.07) is 0.0896. The van der Waals surface area contributed by atoms with Crippen molar-refractivity contribution < 1.29 is 18.7 Å². The Morgan fingerprint density at radius 3 is 2.42 bits per heavy atom. The largest absolute Gasteiger partial charge is 0.472 e. The summed E-state index contributed by atoms with van der Waals surface area (Å²) in [5.74, 6) is 0.265. The summed E-state index contributed by atoms with van der Waals surface area (Å²) in [5, 5.41) is 0. The van der Waals surface area contributed by atoms with Crippen molar-refractivity contribution in [1.29, 1.82) is 0 Å². The van der Waals surface area contributed by atoms with Gasteiger partial charge in [0.1, 0.15) is 17.6 Å². The number of carbonyl (C=O) groups is 1. The van der Waals surface area contributed by atoms with Crippen LogP contribution in [0.25, 0.3) is 11.3 Å². The minimum Gasteiger partial charge on any atom is -0.472 e. The van der Waals surface area contributed by atoms with Crippen LogP contribution in [0.2, 0.25) is 0 Å². The fourth-order valence-electron chi connectivity index (χ4n) is 4.59. The van der Waals surface area contributed by atoms with Crippen molar-refractivity contribution in [1.82, 2.24) is 34.6 Å². The number of carbonyl (C=O) groups excluding carboxylic acids is 1. The van der Waals surface area contributed by atoms with Gasteiger partial charge in [-0.15, -0.1) is 0 Å². The molecule has 3 aliphatic rings. The molecule has 5 rings (SSSR count). The number of halogens is 1. The molecule has 0 spiro atoms. The highest BCUT2D eigenvalue weighted by Gasteiger charge is 2.38. The van der Waals surface area contributed by atoms with E-state index in [1.54, 1.807) is 24.2 Å². The van der Waals surface area contributed by atoms with Crippen LogP contribution < -0.4 is 9.64 Å². The van der Waals surface area contributed by atoms with Crippen LogP contribution in [-0.2, 0) is 4.74 Å². The predicted molar refractivity (Wildman–Crippen MR) is 130 cm³/mol. The average Bonchev–Trinajstić information content (AvgIpc) is 2.87. The van der Waals surface area contributed by atoms with E-state index in [1.807, 2.05) is 16.8 Å². The normalized spacial score (nSPS) is 22.8. The topological polar surface area (TPSA) is 100 Å². The number of nitrogens with zero attached hydrogens (tertiary/aromatic N) is 8. The molecular weight excluding hydrogens is 467 g/mol. The molecule has 2 aliphatic heterocycles. The number of ether oxygens (including phenoxy) is 2. The van der Waals surface area contributed by atoms with Gasteiger partial charge in [-0.1, -0.05) is 0 Å². The van der Waals surface area contributed by atoms with E-state index < -0.39 is 5.82 Å². The zero-order valence-electron chi connectivity index (χ0n) is 21.1. The molecule has 1 aliphatic carbocycles. The van der Waals surface area contributed by atoms with E-state index in [4.69, 9.17) is 9.47 Å². The summed E-state index contributed by atoms with van der Waals surface area (Å²) in [4.78, 5) is 38.0. The van der Waals surface area contributed by atoms with Gasteiger partial charge in [0.2, 0.25) is 11.8 Å². The standard InChI is InChI=1S/C24H33FN8O3/c1-16-26-14-17(15-27-16)21-20(25)22(29-23(28-21)32-8-10-35-11-9-32)36-19-12-18(13-19)31(3)24(34)33-6-4-30(2)5-7-33/h14-15,18-19H,4-13H2,1-3H3. The summed E-state index contributed by atoms with van der Waals surface area (Å²) in [6.45, 7) is 7.31. The fourth-order valence-corrected chi connectivity index (χ4v) is 4.59. The molecule has 2 aromatic heterocycles. The van der Waals surface area contributed by atoms with Gasteiger partial charge in [-0.25, -0.2) is 19.7 Å². The second kappa shape index (κ2) is 10.5. The Kier molecular flexibility index (Phi) is 7.15. The van der Waals surface area contributed by atoms with E-state index >= 15 is 4.39 Å². The van der Waals surface area contributed by atoms with Gasteiger partial charge in [0.25, 0.3) is 5.88 Å². The van der Waals surface area contributed by atoms with E-state index in [0.29, 0.717) is 56.5 Å². The number of piperazine rings is 1. The SMILES string of the molecule is Cc1ncc(-c2nc(N3CCOCC3)nc(OC3CC(N(C)C(=O)N4CCN(C)CC4)C3)c2F)cn1. The molecule has 0 bridgehead atoms. The molecule has 1 saturated carbocycles. The van der Waals surface area contributed by atoms with E-state index in [2.05, 4.69) is 31.9 Å². The summed E-state index contributed by atoms with van der Waals surface area (Å²) >= 11 is 0. The van der Waals surface area contributed by atoms with E-state index in [1.165, 1.54) is 0 Å². The molecule has 36 heavy (non-hydrogen) atoms. The van der Waals surface area contributed by atoms with Gasteiger partial charge in [0.05, 0.1) is 13.2 Å². The molecule has 2 aromatic rings. The van der Waals surface area contributed by atoms with Crippen LogP contribution in [0.1, 0.15) is 18.7 Å². The molecule has 2 saturated heterocycles. The Balaban J connectivity index is 1.29. The third-order valence-corrected chi connectivity index (χ3v) is 7.13. The summed E-state index contributed by atoms with van der Waals surface area (Å²) in [6.07, 6.45) is 4.12. The predicted octanol–water partition coefficient (Wildman–Crippen LogP) is 1.43. The van der Waals surface area contributed by atoms with Gasteiger partial charge >= 0.3 is 6.03 Å². The van der Waals surface area contributed by atoms with Gasteiger partial charge in [0.15, 0.2) is 0 Å². The quantitative estimate of drug-likeness (QED) is 0.604. The highest BCUT2D eigenvalue weighted by Crippen LogP contribution is 2.34. The Bertz CT molecular complexity index is 1070. The maximum absolute atomic E-state index is 15.6. The smallest absolute Gasteiger partial charge is 0.320 e. The number of aromatic nitrogens is 4. The molecule has 0 atom stereocenters. The third-order valence-electron chi connectivity index (χ3n) is 7.13. The molecule has 0 radical (unpaired) electrons. The van der Waals surface area contributed by atoms with E-state index in [-0.39, 0.29) is 29.8 Å². The Morgan fingerprint density at radius 2 is 1.75 bits per heavy atom. The van der Waals surface area contributed by atoms with Crippen LogP contribution in [0.15, 0.2) is 12.4 Å². The van der Waals surface area contributed by atoms with Gasteiger partial charge in [-0.2, -0.15) is 9.37 Å². The van der Waals surface area contributed by atoms with Crippen LogP contribution in [0.5, 0.6) is 5.88 Å². The number of likely N-dealkylation sites (N-methyl/N-ethyl adjacent to an activating group) is 1. The lowest BCUT2D eigenvalue weighted by molar-refractivity contribution is 0.0272. The van der Waals surface area contributed by atoms with Crippen LogP contribution in [0, 0.1) is 12.7 Å². The number of morpholine rings is 1. The zero-order valence-corrected chi connectivity index (χ0v) is 21.1. The van der Waals surface area contributed by atoms with Crippen LogP contribution in [0.3, 0.4) is 0 Å². The lowest BCUT2D eigenvalue weighted by Crippen LogP contribution is -2.56. The van der Waals surface area contributed by atoms with Crippen molar-refractivity contribution in [2.24, 2.45) is 0 Å². The Hall–Kier alpha value is -3.12. The molecule has 4 heterocycles. The number of urea groups is 1. The highest BCUT2D eigenvalue weighted by atomic mass is 19.1. The Labute approximate surface area is 210 Å². The summed E-state index contributed by atoms with van der Waals surface area (Å²) < 4.78 is 27.0. The molecule has 194 valence electrons. The van der Waals surface area contributed by atoms with Gasteiger partial charge in [0, 0.05) is 83.2 Å². The molecule has 0 unspecified atom stereocenters. The van der Waals surface area contributed by atoms with Crippen molar-refractivity contribution in [3.05, 3.63) is 24.0 Å². The van der Waals surface area contributed by atoms with Crippen molar-refractivity contribution in [2.75, 3.05) is 71.5 Å². The molecular formula is C24H33FN8O3. The molecule has 0 aromatic carbocycles. The molecule has 3 fully saturated rings. The summed E-state index contributed by atoms with van der Waals surface area (Å²) in [7, 11) is 3.90. The number of amides is 2. The minimum atomic E-state index is -0.634. The summed E-state index contributed by atoms with van der Waals surface area (Å²) in [5.41, 5.74) is 0.573. The van der Waals surface area contributed by atoms with Gasteiger partial charge < -0.3 is 29.1 Å².